The van der Waals surface area contributed by atoms with E-state index in [1.165, 1.54) is 36.7 Å². The minimum atomic E-state index is -4.53. The van der Waals surface area contributed by atoms with E-state index in [1.807, 2.05) is 0 Å². The summed E-state index contributed by atoms with van der Waals surface area (Å²) in [5.41, 5.74) is 6.58. The van der Waals surface area contributed by atoms with Gasteiger partial charge in [-0.25, -0.2) is 14.4 Å². The molecular formula is C19H14Cl2F4N4. The van der Waals surface area contributed by atoms with Crippen molar-refractivity contribution < 1.29 is 17.6 Å². The smallest absolute Gasteiger partial charge is 0.368 e. The van der Waals surface area contributed by atoms with Gasteiger partial charge < -0.3 is 11.1 Å². The minimum absolute atomic E-state index is 0.0264. The molecule has 0 bridgehead atoms. The molecule has 0 saturated carbocycles. The number of nitrogens with one attached hydrogen (secondary N) is 1. The number of aromatic nitrogens is 2. The first-order chi connectivity index (χ1) is 13.6. The van der Waals surface area contributed by atoms with Crippen LogP contribution in [-0.4, -0.2) is 16.5 Å². The Morgan fingerprint density at radius 3 is 2.41 bits per heavy atom. The largest absolute Gasteiger partial charge is 0.417 e. The topological polar surface area (TPSA) is 63.8 Å². The Labute approximate surface area is 173 Å². The number of rotatable bonds is 5. The molecule has 0 fully saturated rings. The van der Waals surface area contributed by atoms with Crippen LogP contribution in [0.3, 0.4) is 0 Å². The average molecular weight is 445 g/mol. The summed E-state index contributed by atoms with van der Waals surface area (Å²) in [6, 6.07) is 8.66. The first-order valence-electron chi connectivity index (χ1n) is 8.28. The van der Waals surface area contributed by atoms with Gasteiger partial charge in [0.05, 0.1) is 21.3 Å². The van der Waals surface area contributed by atoms with Gasteiger partial charge in [-0.3, -0.25) is 0 Å². The Balaban J connectivity index is 1.74. The maximum atomic E-state index is 13.3. The van der Waals surface area contributed by atoms with Crippen LogP contribution in [-0.2, 0) is 6.18 Å². The van der Waals surface area contributed by atoms with Gasteiger partial charge in [-0.05, 0) is 29.8 Å². The van der Waals surface area contributed by atoms with E-state index in [2.05, 4.69) is 15.3 Å². The molecule has 0 amide bonds. The molecule has 1 aromatic heterocycles. The summed E-state index contributed by atoms with van der Waals surface area (Å²) in [5.74, 6) is -0.124. The Morgan fingerprint density at radius 1 is 1.00 bits per heavy atom. The zero-order valence-electron chi connectivity index (χ0n) is 14.6. The van der Waals surface area contributed by atoms with Crippen molar-refractivity contribution in [3.05, 3.63) is 75.8 Å². The summed E-state index contributed by atoms with van der Waals surface area (Å²) in [6.07, 6.45) is -3.27. The van der Waals surface area contributed by atoms with Crippen LogP contribution >= 0.6 is 23.2 Å². The summed E-state index contributed by atoms with van der Waals surface area (Å²) in [7, 11) is 0. The monoisotopic (exact) mass is 444 g/mol. The molecule has 1 atom stereocenters. The van der Waals surface area contributed by atoms with Crippen LogP contribution in [0, 0.1) is 5.82 Å². The molecule has 3 rings (SSSR count). The second-order valence-electron chi connectivity index (χ2n) is 6.14. The zero-order valence-corrected chi connectivity index (χ0v) is 16.2. The summed E-state index contributed by atoms with van der Waals surface area (Å²) < 4.78 is 51.8. The van der Waals surface area contributed by atoms with Crippen LogP contribution in [0.4, 0.5) is 23.4 Å². The van der Waals surface area contributed by atoms with Crippen LogP contribution in [0.1, 0.15) is 17.2 Å². The normalized spacial score (nSPS) is 12.7. The number of hydrogen-bond acceptors (Lipinski definition) is 4. The lowest BCUT2D eigenvalue weighted by Gasteiger charge is -2.15. The summed E-state index contributed by atoms with van der Waals surface area (Å²) in [6.45, 7) is 0.256. The van der Waals surface area contributed by atoms with Gasteiger partial charge in [-0.15, -0.1) is 0 Å². The molecule has 29 heavy (non-hydrogen) atoms. The number of nitrogens with two attached hydrogens (primary N) is 1. The van der Waals surface area contributed by atoms with Crippen LogP contribution in [0.5, 0.6) is 0 Å². The molecule has 2 aromatic carbocycles. The number of hydrogen-bond donors (Lipinski definition) is 2. The van der Waals surface area contributed by atoms with Crippen LogP contribution < -0.4 is 11.1 Å². The van der Waals surface area contributed by atoms with Crippen molar-refractivity contribution in [3.63, 3.8) is 0 Å². The van der Waals surface area contributed by atoms with E-state index in [4.69, 9.17) is 28.9 Å². The minimum Gasteiger partial charge on any atom is -0.368 e. The lowest BCUT2D eigenvalue weighted by atomic mass is 10.1. The Hall–Kier alpha value is -2.42. The first-order valence-corrected chi connectivity index (χ1v) is 9.04. The van der Waals surface area contributed by atoms with Gasteiger partial charge in [0.1, 0.15) is 18.0 Å². The molecule has 0 aliphatic heterocycles. The summed E-state index contributed by atoms with van der Waals surface area (Å²) in [4.78, 5) is 8.13. The standard InChI is InChI=1S/C19H14Cl2F4N4/c20-13-6-11(1-3-12(13)19(23,24)25)17-7-18(29-9-28-17)27-8-16(26)10-2-4-15(22)14(21)5-10/h1-7,9,16H,8,26H2,(H,27,28,29)/t16-/m0/s1. The van der Waals surface area contributed by atoms with Crippen molar-refractivity contribution in [3.8, 4) is 11.3 Å². The molecule has 1 heterocycles. The fraction of sp³-hybridized carbons (Fsp3) is 0.158. The van der Waals surface area contributed by atoms with Gasteiger partial charge in [0.25, 0.3) is 0 Å². The third-order valence-electron chi connectivity index (χ3n) is 4.11. The van der Waals surface area contributed by atoms with E-state index in [-0.39, 0.29) is 11.6 Å². The van der Waals surface area contributed by atoms with E-state index >= 15 is 0 Å². The molecule has 0 aliphatic rings. The van der Waals surface area contributed by atoms with E-state index in [9.17, 15) is 17.6 Å². The lowest BCUT2D eigenvalue weighted by molar-refractivity contribution is -0.137. The Kier molecular flexibility index (Phi) is 6.26. The number of nitrogens with zero attached hydrogens (tertiary/aromatic N) is 2. The van der Waals surface area contributed by atoms with Gasteiger partial charge in [-0.1, -0.05) is 35.3 Å². The number of alkyl halides is 3. The van der Waals surface area contributed by atoms with Gasteiger partial charge >= 0.3 is 6.18 Å². The van der Waals surface area contributed by atoms with E-state index in [0.29, 0.717) is 22.6 Å². The highest BCUT2D eigenvalue weighted by Crippen LogP contribution is 2.36. The van der Waals surface area contributed by atoms with E-state index in [1.54, 1.807) is 6.07 Å². The molecule has 0 spiro atoms. The molecule has 0 aliphatic carbocycles. The highest BCUT2D eigenvalue weighted by molar-refractivity contribution is 6.31. The van der Waals surface area contributed by atoms with Gasteiger partial charge in [0, 0.05) is 24.2 Å². The predicted molar refractivity (Wildman–Crippen MR) is 104 cm³/mol. The molecule has 0 saturated heterocycles. The molecule has 152 valence electrons. The summed E-state index contributed by atoms with van der Waals surface area (Å²) in [5, 5.41) is 2.57. The molecule has 3 aromatic rings. The molecule has 3 N–H and O–H groups in total. The highest BCUT2D eigenvalue weighted by Gasteiger charge is 2.33. The van der Waals surface area contributed by atoms with Gasteiger partial charge in [-0.2, -0.15) is 13.2 Å². The quantitative estimate of drug-likeness (QED) is 0.493. The maximum Gasteiger partial charge on any atom is 0.417 e. The van der Waals surface area contributed by atoms with Crippen LogP contribution in [0.15, 0.2) is 48.8 Å². The third kappa shape index (κ3) is 5.14. The van der Waals surface area contributed by atoms with Crippen molar-refractivity contribution in [1.82, 2.24) is 9.97 Å². The zero-order chi connectivity index (χ0) is 21.2. The number of anilines is 1. The molecule has 0 radical (unpaired) electrons. The average Bonchev–Trinajstić information content (AvgIpc) is 2.67. The molecular weight excluding hydrogens is 431 g/mol. The SMILES string of the molecule is N[C@@H](CNc1cc(-c2ccc(C(F)(F)F)c(Cl)c2)ncn1)c1ccc(F)c(Cl)c1. The maximum absolute atomic E-state index is 13.3. The van der Waals surface area contributed by atoms with E-state index < -0.39 is 28.6 Å². The first kappa shape index (κ1) is 21.3. The number of halogens is 6. The lowest BCUT2D eigenvalue weighted by Crippen LogP contribution is -2.21. The fourth-order valence-electron chi connectivity index (χ4n) is 2.59. The third-order valence-corrected chi connectivity index (χ3v) is 4.71. The summed E-state index contributed by atoms with van der Waals surface area (Å²) >= 11 is 11.5. The highest BCUT2D eigenvalue weighted by atomic mass is 35.5. The predicted octanol–water partition coefficient (Wildman–Crippen LogP) is 5.72. The van der Waals surface area contributed by atoms with Crippen LogP contribution in [0.2, 0.25) is 10.0 Å². The van der Waals surface area contributed by atoms with Crippen molar-refractivity contribution in [1.29, 1.82) is 0 Å². The molecule has 0 unspecified atom stereocenters. The van der Waals surface area contributed by atoms with Crippen LogP contribution in [0.25, 0.3) is 11.3 Å². The Bertz CT molecular complexity index is 1030. The second-order valence-corrected chi connectivity index (χ2v) is 6.96. The van der Waals surface area contributed by atoms with Gasteiger partial charge in [0.15, 0.2) is 0 Å². The molecule has 4 nitrogen and oxygen atoms in total. The van der Waals surface area contributed by atoms with Crippen molar-refractivity contribution in [2.75, 3.05) is 11.9 Å². The van der Waals surface area contributed by atoms with Crippen molar-refractivity contribution in [2.24, 2.45) is 5.73 Å². The number of benzene rings is 2. The van der Waals surface area contributed by atoms with Gasteiger partial charge in [0.2, 0.25) is 0 Å². The second kappa shape index (κ2) is 8.52. The van der Waals surface area contributed by atoms with Crippen molar-refractivity contribution >= 4 is 29.0 Å². The molecule has 10 heteroatoms. The fourth-order valence-corrected chi connectivity index (χ4v) is 3.07. The van der Waals surface area contributed by atoms with E-state index in [0.717, 1.165) is 6.07 Å². The Morgan fingerprint density at radius 2 is 1.76 bits per heavy atom. The van der Waals surface area contributed by atoms with Crippen molar-refractivity contribution in [2.45, 2.75) is 12.2 Å².